The highest BCUT2D eigenvalue weighted by Gasteiger charge is 2.36. The van der Waals surface area contributed by atoms with Crippen molar-refractivity contribution in [2.24, 2.45) is 5.41 Å². The van der Waals surface area contributed by atoms with E-state index in [4.69, 9.17) is 5.11 Å². The van der Waals surface area contributed by atoms with Crippen LogP contribution in [0.4, 0.5) is 4.79 Å². The van der Waals surface area contributed by atoms with E-state index in [0.717, 1.165) is 6.54 Å². The van der Waals surface area contributed by atoms with E-state index in [1.807, 2.05) is 6.92 Å². The summed E-state index contributed by atoms with van der Waals surface area (Å²) in [6, 6.07) is -0.0724. The molecule has 0 spiro atoms. The molecule has 1 fully saturated rings. The van der Waals surface area contributed by atoms with Crippen molar-refractivity contribution < 1.29 is 9.90 Å². The first-order valence-corrected chi connectivity index (χ1v) is 6.77. The smallest absolute Gasteiger partial charge is 0.315 e. The van der Waals surface area contributed by atoms with Crippen molar-refractivity contribution in [3.05, 3.63) is 0 Å². The summed E-state index contributed by atoms with van der Waals surface area (Å²) >= 11 is 0. The number of rotatable bonds is 7. The molecule has 1 rings (SSSR count). The van der Waals surface area contributed by atoms with Gasteiger partial charge in [-0.05, 0) is 38.0 Å². The molecular weight excluding hydrogens is 216 g/mol. The number of hydrogen-bond donors (Lipinski definition) is 3. The first-order chi connectivity index (χ1) is 8.12. The van der Waals surface area contributed by atoms with E-state index >= 15 is 0 Å². The molecule has 1 saturated carbocycles. The molecular formula is C13H26N2O2. The molecule has 1 atom stereocenters. The first-order valence-electron chi connectivity index (χ1n) is 6.77. The van der Waals surface area contributed by atoms with Crippen molar-refractivity contribution in [1.82, 2.24) is 10.6 Å². The zero-order valence-electron chi connectivity index (χ0n) is 11.1. The molecule has 0 heterocycles. The van der Waals surface area contributed by atoms with Gasteiger partial charge in [-0.2, -0.15) is 0 Å². The van der Waals surface area contributed by atoms with Gasteiger partial charge in [0, 0.05) is 19.2 Å². The molecule has 0 aromatic heterocycles. The number of nitrogens with one attached hydrogen (secondary N) is 2. The van der Waals surface area contributed by atoms with Gasteiger partial charge >= 0.3 is 6.03 Å². The SMILES string of the molecule is CCCC1(CNC(=O)N[C@H](C)CCO)CCC1. The molecule has 0 aromatic carbocycles. The molecule has 4 nitrogen and oxygen atoms in total. The topological polar surface area (TPSA) is 61.4 Å². The van der Waals surface area contributed by atoms with Crippen molar-refractivity contribution in [2.45, 2.75) is 58.4 Å². The maximum Gasteiger partial charge on any atom is 0.315 e. The fourth-order valence-electron chi connectivity index (χ4n) is 2.53. The Hall–Kier alpha value is -0.770. The lowest BCUT2D eigenvalue weighted by molar-refractivity contribution is 0.117. The van der Waals surface area contributed by atoms with Crippen LogP contribution in [0.15, 0.2) is 0 Å². The van der Waals surface area contributed by atoms with Crippen LogP contribution in [0, 0.1) is 5.41 Å². The molecule has 17 heavy (non-hydrogen) atoms. The third kappa shape index (κ3) is 4.54. The van der Waals surface area contributed by atoms with Crippen LogP contribution in [0.25, 0.3) is 0 Å². The van der Waals surface area contributed by atoms with Crippen LogP contribution in [0.3, 0.4) is 0 Å². The van der Waals surface area contributed by atoms with E-state index in [9.17, 15) is 4.79 Å². The first kappa shape index (κ1) is 14.3. The van der Waals surface area contributed by atoms with Gasteiger partial charge in [-0.3, -0.25) is 0 Å². The maximum atomic E-state index is 11.6. The molecule has 4 heteroatoms. The molecule has 0 radical (unpaired) electrons. The second-order valence-corrected chi connectivity index (χ2v) is 5.34. The fraction of sp³-hybridized carbons (Fsp3) is 0.923. The molecule has 0 bridgehead atoms. The van der Waals surface area contributed by atoms with Crippen LogP contribution in [-0.4, -0.2) is 30.3 Å². The van der Waals surface area contributed by atoms with Crippen molar-refractivity contribution in [2.75, 3.05) is 13.2 Å². The predicted molar refractivity (Wildman–Crippen MR) is 68.9 cm³/mol. The lowest BCUT2D eigenvalue weighted by atomic mass is 9.66. The normalized spacial score (nSPS) is 19.2. The van der Waals surface area contributed by atoms with E-state index in [-0.39, 0.29) is 18.7 Å². The number of aliphatic hydroxyl groups is 1. The summed E-state index contributed by atoms with van der Waals surface area (Å²) in [7, 11) is 0. The Morgan fingerprint density at radius 1 is 1.47 bits per heavy atom. The zero-order chi connectivity index (χ0) is 12.7. The summed E-state index contributed by atoms with van der Waals surface area (Å²) < 4.78 is 0. The molecule has 0 saturated heterocycles. The minimum absolute atomic E-state index is 0.0310. The maximum absolute atomic E-state index is 11.6. The Bertz CT molecular complexity index is 240. The average Bonchev–Trinajstić information content (AvgIpc) is 2.22. The lowest BCUT2D eigenvalue weighted by Crippen LogP contribution is -2.47. The van der Waals surface area contributed by atoms with Gasteiger partial charge in [0.2, 0.25) is 0 Å². The van der Waals surface area contributed by atoms with Crippen LogP contribution in [0.2, 0.25) is 0 Å². The third-order valence-electron chi connectivity index (χ3n) is 3.76. The summed E-state index contributed by atoms with van der Waals surface area (Å²) in [5.74, 6) is 0. The number of aliphatic hydroxyl groups excluding tert-OH is 1. The highest BCUT2D eigenvalue weighted by Crippen LogP contribution is 2.44. The van der Waals surface area contributed by atoms with E-state index in [1.165, 1.54) is 32.1 Å². The van der Waals surface area contributed by atoms with Crippen molar-refractivity contribution >= 4 is 6.03 Å². The average molecular weight is 242 g/mol. The molecule has 0 aromatic rings. The van der Waals surface area contributed by atoms with Crippen LogP contribution < -0.4 is 10.6 Å². The molecule has 0 aliphatic heterocycles. The quantitative estimate of drug-likeness (QED) is 0.639. The lowest BCUT2D eigenvalue weighted by Gasteiger charge is -2.42. The van der Waals surface area contributed by atoms with Gasteiger partial charge < -0.3 is 15.7 Å². The molecule has 2 amide bonds. The molecule has 0 unspecified atom stereocenters. The number of carbonyl (C=O) groups is 1. The molecule has 100 valence electrons. The largest absolute Gasteiger partial charge is 0.396 e. The Morgan fingerprint density at radius 2 is 2.18 bits per heavy atom. The van der Waals surface area contributed by atoms with Crippen molar-refractivity contribution in [1.29, 1.82) is 0 Å². The molecule has 1 aliphatic carbocycles. The summed E-state index contributed by atoms with van der Waals surface area (Å²) in [6.07, 6.45) is 6.78. The third-order valence-corrected chi connectivity index (χ3v) is 3.76. The van der Waals surface area contributed by atoms with E-state index in [0.29, 0.717) is 11.8 Å². The second-order valence-electron chi connectivity index (χ2n) is 5.34. The molecule has 3 N–H and O–H groups in total. The van der Waals surface area contributed by atoms with Gasteiger partial charge in [-0.15, -0.1) is 0 Å². The Labute approximate surface area is 104 Å². The Morgan fingerprint density at radius 3 is 2.65 bits per heavy atom. The van der Waals surface area contributed by atoms with Gasteiger partial charge in [0.25, 0.3) is 0 Å². The number of hydrogen-bond acceptors (Lipinski definition) is 2. The summed E-state index contributed by atoms with van der Waals surface area (Å²) in [6.45, 7) is 5.00. The van der Waals surface area contributed by atoms with Gasteiger partial charge in [-0.1, -0.05) is 19.8 Å². The van der Waals surface area contributed by atoms with Crippen LogP contribution in [-0.2, 0) is 0 Å². The minimum Gasteiger partial charge on any atom is -0.396 e. The zero-order valence-corrected chi connectivity index (χ0v) is 11.1. The monoisotopic (exact) mass is 242 g/mol. The van der Waals surface area contributed by atoms with Gasteiger partial charge in [0.05, 0.1) is 0 Å². The number of amides is 2. The van der Waals surface area contributed by atoms with Crippen LogP contribution in [0.1, 0.15) is 52.4 Å². The Balaban J connectivity index is 2.22. The van der Waals surface area contributed by atoms with Gasteiger partial charge in [0.15, 0.2) is 0 Å². The highest BCUT2D eigenvalue weighted by molar-refractivity contribution is 5.74. The van der Waals surface area contributed by atoms with E-state index < -0.39 is 0 Å². The summed E-state index contributed by atoms with van der Waals surface area (Å²) in [4.78, 5) is 11.6. The van der Waals surface area contributed by atoms with Gasteiger partial charge in [-0.25, -0.2) is 4.79 Å². The molecule has 1 aliphatic rings. The second kappa shape index (κ2) is 6.84. The van der Waals surface area contributed by atoms with Crippen molar-refractivity contribution in [3.8, 4) is 0 Å². The van der Waals surface area contributed by atoms with E-state index in [2.05, 4.69) is 17.6 Å². The highest BCUT2D eigenvalue weighted by atomic mass is 16.3. The van der Waals surface area contributed by atoms with Crippen LogP contribution >= 0.6 is 0 Å². The minimum atomic E-state index is -0.103. The van der Waals surface area contributed by atoms with Gasteiger partial charge in [0.1, 0.15) is 0 Å². The fourth-order valence-corrected chi connectivity index (χ4v) is 2.53. The van der Waals surface area contributed by atoms with E-state index in [1.54, 1.807) is 0 Å². The predicted octanol–water partition coefficient (Wildman–Crippen LogP) is 2.03. The standard InChI is InChI=1S/C13H26N2O2/c1-3-6-13(7-4-8-13)10-14-12(17)15-11(2)5-9-16/h11,16H,3-10H2,1-2H3,(H2,14,15,17)/t11-/m1/s1. The Kier molecular flexibility index (Phi) is 5.75. The summed E-state index contributed by atoms with van der Waals surface area (Å²) in [5.41, 5.74) is 0.367. The number of urea groups is 1. The summed E-state index contributed by atoms with van der Waals surface area (Å²) in [5, 5.41) is 14.6. The van der Waals surface area contributed by atoms with Crippen LogP contribution in [0.5, 0.6) is 0 Å². The van der Waals surface area contributed by atoms with Crippen molar-refractivity contribution in [3.63, 3.8) is 0 Å². The number of carbonyl (C=O) groups excluding carboxylic acids is 1.